The fourth-order valence-electron chi connectivity index (χ4n) is 3.45. The van der Waals surface area contributed by atoms with E-state index in [0.29, 0.717) is 11.3 Å². The highest BCUT2D eigenvalue weighted by Gasteiger charge is 2.33. The van der Waals surface area contributed by atoms with Crippen LogP contribution >= 0.6 is 31.9 Å². The highest BCUT2D eigenvalue weighted by atomic mass is 79.9. The first-order chi connectivity index (χ1) is 13.6. The van der Waals surface area contributed by atoms with Crippen molar-refractivity contribution < 1.29 is 13.3 Å². The Morgan fingerprint density at radius 3 is 2.28 bits per heavy atom. The van der Waals surface area contributed by atoms with Crippen molar-refractivity contribution in [2.24, 2.45) is 0 Å². The average Bonchev–Trinajstić information content (AvgIpc) is 2.62. The summed E-state index contributed by atoms with van der Waals surface area (Å²) >= 11 is 5.93. The first kappa shape index (κ1) is 23.1. The molecule has 0 unspecified atom stereocenters. The molecule has 0 aliphatic heterocycles. The molecule has 158 valence electrons. The third kappa shape index (κ3) is 5.58. The van der Waals surface area contributed by atoms with E-state index in [2.05, 4.69) is 36.6 Å². The minimum atomic E-state index is -1.38. The van der Waals surface area contributed by atoms with E-state index < -0.39 is 33.8 Å². The molecule has 0 bridgehead atoms. The fourth-order valence-corrected chi connectivity index (χ4v) is 5.69. The van der Waals surface area contributed by atoms with Crippen LogP contribution in [0.5, 0.6) is 0 Å². The Balaban J connectivity index is 2.04. The van der Waals surface area contributed by atoms with Crippen LogP contribution in [0.4, 0.5) is 8.78 Å². The van der Waals surface area contributed by atoms with Gasteiger partial charge in [-0.25, -0.2) is 13.8 Å². The molecule has 2 atom stereocenters. The van der Waals surface area contributed by atoms with Crippen molar-refractivity contribution in [3.63, 3.8) is 0 Å². The number of aromatic nitrogens is 1. The second-order valence-corrected chi connectivity index (χ2v) is 11.8. The normalized spacial score (nSPS) is 16.4. The summed E-state index contributed by atoms with van der Waals surface area (Å²) in [6.45, 7) is 5.63. The molecule has 0 fully saturated rings. The van der Waals surface area contributed by atoms with Crippen LogP contribution in [0.15, 0.2) is 27.3 Å². The van der Waals surface area contributed by atoms with Gasteiger partial charge < -0.3 is 4.55 Å². The molecular weight excluding hydrogens is 526 g/mol. The molecule has 1 aromatic heterocycles. The maximum absolute atomic E-state index is 13.7. The average molecular weight is 550 g/mol. The Hall–Kier alpha value is -0.540. The molecule has 8 heteroatoms. The number of hydrogen-bond donors (Lipinski definition) is 1. The maximum Gasteiger partial charge on any atom is 0.136 e. The van der Waals surface area contributed by atoms with Gasteiger partial charge in [0, 0.05) is 21.9 Å². The van der Waals surface area contributed by atoms with Gasteiger partial charge in [-0.1, -0.05) is 0 Å². The lowest BCUT2D eigenvalue weighted by atomic mass is 9.91. The summed E-state index contributed by atoms with van der Waals surface area (Å²) in [6, 6.07) is 2.98. The molecule has 1 N–H and O–H groups in total. The van der Waals surface area contributed by atoms with Crippen molar-refractivity contribution in [1.29, 1.82) is 0 Å². The number of pyridine rings is 1. The third-order valence-corrected chi connectivity index (χ3v) is 8.07. The number of nitrogens with one attached hydrogen (secondary N) is 1. The highest BCUT2D eigenvalue weighted by molar-refractivity contribution is 9.11. The van der Waals surface area contributed by atoms with Crippen LogP contribution in [0.1, 0.15) is 62.0 Å². The molecule has 0 saturated carbocycles. The minimum Gasteiger partial charge on any atom is -0.598 e. The van der Waals surface area contributed by atoms with Gasteiger partial charge in [0.2, 0.25) is 0 Å². The summed E-state index contributed by atoms with van der Waals surface area (Å²) in [5.74, 6) is -1.26. The minimum absolute atomic E-state index is 0.257. The van der Waals surface area contributed by atoms with Crippen molar-refractivity contribution in [3.05, 3.63) is 61.3 Å². The van der Waals surface area contributed by atoms with Crippen molar-refractivity contribution in [1.82, 2.24) is 9.71 Å². The van der Waals surface area contributed by atoms with Crippen LogP contribution in [0, 0.1) is 11.6 Å². The van der Waals surface area contributed by atoms with Crippen molar-refractivity contribution >= 4 is 43.2 Å². The number of rotatable bonds is 5. The Morgan fingerprint density at radius 1 is 1.10 bits per heavy atom. The van der Waals surface area contributed by atoms with Crippen LogP contribution in [0.2, 0.25) is 0 Å². The van der Waals surface area contributed by atoms with Gasteiger partial charge in [0.05, 0.1) is 11.7 Å². The zero-order valence-corrected chi connectivity index (χ0v) is 20.6. The predicted molar refractivity (Wildman–Crippen MR) is 120 cm³/mol. The Labute approximate surface area is 190 Å². The van der Waals surface area contributed by atoms with Gasteiger partial charge in [0.1, 0.15) is 21.0 Å². The summed E-state index contributed by atoms with van der Waals surface area (Å²) in [5, 5.41) is 0. The van der Waals surface area contributed by atoms with Gasteiger partial charge in [0.15, 0.2) is 0 Å². The lowest BCUT2D eigenvalue weighted by molar-refractivity contribution is 0.515. The third-order valence-electron chi connectivity index (χ3n) is 4.92. The summed E-state index contributed by atoms with van der Waals surface area (Å²) in [5.41, 5.74) is 3.57. The van der Waals surface area contributed by atoms with Crippen LogP contribution < -0.4 is 4.72 Å². The second kappa shape index (κ2) is 9.30. The zero-order valence-electron chi connectivity index (χ0n) is 16.6. The summed E-state index contributed by atoms with van der Waals surface area (Å²) in [7, 11) is 0. The fraction of sp³-hybridized carbons (Fsp3) is 0.476. The standard InChI is InChI=1S/C21H24Br2F2N2OS/c1-21(2,3)29(28)27-17(10-12-8-13(24)11-14(25)9-12)19-18(22)15-6-4-5-7-16(15)20(23)26-19/h8-9,11,17,27H,4-7,10H2,1-3H3/t17-,29-/m0/s1. The first-order valence-electron chi connectivity index (χ1n) is 9.56. The van der Waals surface area contributed by atoms with Crippen LogP contribution in [-0.2, 0) is 30.6 Å². The second-order valence-electron chi connectivity index (χ2n) is 8.30. The molecule has 1 aromatic carbocycles. The number of hydrogen-bond acceptors (Lipinski definition) is 3. The number of nitrogens with zero attached hydrogens (tertiary/aromatic N) is 1. The molecule has 3 nitrogen and oxygen atoms in total. The molecule has 0 spiro atoms. The van der Waals surface area contributed by atoms with Gasteiger partial charge in [-0.3, -0.25) is 0 Å². The van der Waals surface area contributed by atoms with Crippen molar-refractivity contribution in [3.8, 4) is 0 Å². The van der Waals surface area contributed by atoms with E-state index in [9.17, 15) is 13.3 Å². The highest BCUT2D eigenvalue weighted by Crippen LogP contribution is 2.37. The monoisotopic (exact) mass is 548 g/mol. The first-order valence-corrected chi connectivity index (χ1v) is 12.3. The SMILES string of the molecule is CC(C)(C)[S@+]([O-])N[C@@H](Cc1cc(F)cc(F)c1)c1nc(Br)c2c(c1Br)CCCC2. The van der Waals surface area contributed by atoms with E-state index in [4.69, 9.17) is 4.98 Å². The van der Waals surface area contributed by atoms with Gasteiger partial charge in [-0.05, 0) is 114 Å². The molecular formula is C21H24Br2F2N2OS. The van der Waals surface area contributed by atoms with E-state index >= 15 is 0 Å². The number of benzene rings is 1. The molecule has 3 rings (SSSR count). The lowest BCUT2D eigenvalue weighted by Gasteiger charge is -2.29. The van der Waals surface area contributed by atoms with Crippen LogP contribution in [-0.4, -0.2) is 14.3 Å². The molecule has 29 heavy (non-hydrogen) atoms. The van der Waals surface area contributed by atoms with E-state index in [1.54, 1.807) is 0 Å². The van der Waals surface area contributed by atoms with Gasteiger partial charge in [-0.15, -0.1) is 4.72 Å². The molecule has 0 saturated heterocycles. The molecule has 1 heterocycles. The topological polar surface area (TPSA) is 48.0 Å². The van der Waals surface area contributed by atoms with Gasteiger partial charge in [0.25, 0.3) is 0 Å². The van der Waals surface area contributed by atoms with Gasteiger partial charge in [-0.2, -0.15) is 0 Å². The summed E-state index contributed by atoms with van der Waals surface area (Å²) in [6.07, 6.45) is 4.38. The Bertz CT molecular complexity index is 885. The molecule has 1 aliphatic rings. The van der Waals surface area contributed by atoms with Crippen LogP contribution in [0.3, 0.4) is 0 Å². The number of fused-ring (bicyclic) bond motifs is 1. The molecule has 1 aliphatic carbocycles. The van der Waals surface area contributed by atoms with Crippen LogP contribution in [0.25, 0.3) is 0 Å². The molecule has 2 aromatic rings. The van der Waals surface area contributed by atoms with Crippen molar-refractivity contribution in [2.75, 3.05) is 0 Å². The quantitative estimate of drug-likeness (QED) is 0.362. The summed E-state index contributed by atoms with van der Waals surface area (Å²) < 4.78 is 44.7. The molecule has 0 amide bonds. The Morgan fingerprint density at radius 2 is 1.69 bits per heavy atom. The largest absolute Gasteiger partial charge is 0.598 e. The summed E-state index contributed by atoms with van der Waals surface area (Å²) in [4.78, 5) is 4.75. The smallest absolute Gasteiger partial charge is 0.136 e. The Kier molecular flexibility index (Phi) is 7.42. The predicted octanol–water partition coefficient (Wildman–Crippen LogP) is 6.10. The lowest BCUT2D eigenvalue weighted by Crippen LogP contribution is -2.42. The molecule has 0 radical (unpaired) electrons. The van der Waals surface area contributed by atoms with E-state index in [1.807, 2.05) is 20.8 Å². The zero-order chi connectivity index (χ0) is 21.3. The van der Waals surface area contributed by atoms with E-state index in [0.717, 1.165) is 40.8 Å². The van der Waals surface area contributed by atoms with E-state index in [-0.39, 0.29) is 6.42 Å². The number of halogens is 4. The van der Waals surface area contributed by atoms with E-state index in [1.165, 1.54) is 23.3 Å². The van der Waals surface area contributed by atoms with Crippen molar-refractivity contribution in [2.45, 2.75) is 63.7 Å². The maximum atomic E-state index is 13.7. The van der Waals surface area contributed by atoms with Gasteiger partial charge >= 0.3 is 0 Å².